The molecule has 1 atom stereocenters. The van der Waals surface area contributed by atoms with Crippen molar-refractivity contribution in [3.63, 3.8) is 0 Å². The molecular formula is C26H32N2O5. The number of carbonyl (C=O) groups is 3. The van der Waals surface area contributed by atoms with Crippen LogP contribution in [0.1, 0.15) is 51.2 Å². The summed E-state index contributed by atoms with van der Waals surface area (Å²) in [5.74, 6) is -1.60. The van der Waals surface area contributed by atoms with Gasteiger partial charge in [0.2, 0.25) is 5.91 Å². The molecular weight excluding hydrogens is 420 g/mol. The summed E-state index contributed by atoms with van der Waals surface area (Å²) in [7, 11) is 0. The molecule has 0 saturated carbocycles. The van der Waals surface area contributed by atoms with Gasteiger partial charge in [0.25, 0.3) is 0 Å². The average Bonchev–Trinajstić information content (AvgIpc) is 3.07. The quantitative estimate of drug-likeness (QED) is 0.624. The Hall–Kier alpha value is -3.35. The first-order valence-electron chi connectivity index (χ1n) is 11.2. The maximum atomic E-state index is 13.0. The van der Waals surface area contributed by atoms with E-state index in [1.807, 2.05) is 57.2 Å². The Labute approximate surface area is 194 Å². The monoisotopic (exact) mass is 452 g/mol. The predicted octanol–water partition coefficient (Wildman–Crippen LogP) is 4.26. The molecule has 7 nitrogen and oxygen atoms in total. The molecule has 0 unspecified atom stereocenters. The molecule has 3 rings (SSSR count). The molecule has 2 amide bonds. The lowest BCUT2D eigenvalue weighted by molar-refractivity contribution is -0.146. The number of aliphatic carboxylic acids is 1. The summed E-state index contributed by atoms with van der Waals surface area (Å²) in [5.41, 5.74) is 4.19. The molecule has 2 aromatic rings. The van der Waals surface area contributed by atoms with Crippen LogP contribution in [0.2, 0.25) is 0 Å². The Kier molecular flexibility index (Phi) is 7.41. The summed E-state index contributed by atoms with van der Waals surface area (Å²) in [6.07, 6.45) is -0.369. The first-order valence-corrected chi connectivity index (χ1v) is 11.2. The number of hydrogen-bond donors (Lipinski definition) is 2. The van der Waals surface area contributed by atoms with Gasteiger partial charge in [-0.25, -0.2) is 4.79 Å². The van der Waals surface area contributed by atoms with Gasteiger partial charge in [0.15, 0.2) is 0 Å². The topological polar surface area (TPSA) is 95.9 Å². The van der Waals surface area contributed by atoms with Crippen LogP contribution in [-0.4, -0.2) is 53.7 Å². The summed E-state index contributed by atoms with van der Waals surface area (Å²) in [5, 5.41) is 11.9. The van der Waals surface area contributed by atoms with E-state index in [1.54, 1.807) is 6.92 Å². The van der Waals surface area contributed by atoms with Crippen molar-refractivity contribution >= 4 is 18.0 Å². The van der Waals surface area contributed by atoms with Gasteiger partial charge in [0, 0.05) is 12.5 Å². The Morgan fingerprint density at radius 3 is 2.06 bits per heavy atom. The fraction of sp³-hybridized carbons (Fsp3) is 0.423. The van der Waals surface area contributed by atoms with Crippen molar-refractivity contribution in [3.05, 3.63) is 59.7 Å². The van der Waals surface area contributed by atoms with Crippen molar-refractivity contribution in [1.29, 1.82) is 0 Å². The van der Waals surface area contributed by atoms with Crippen LogP contribution in [0.5, 0.6) is 0 Å². The summed E-state index contributed by atoms with van der Waals surface area (Å²) in [4.78, 5) is 38.2. The summed E-state index contributed by atoms with van der Waals surface area (Å²) in [6.45, 7) is 7.53. The largest absolute Gasteiger partial charge is 0.480 e. The molecule has 2 aromatic carbocycles. The molecule has 176 valence electrons. The number of rotatable bonds is 8. The fourth-order valence-electron chi connectivity index (χ4n) is 4.29. The second kappa shape index (κ2) is 10.1. The number of alkyl carbamates (subject to hydrolysis) is 1. The normalized spacial score (nSPS) is 13.6. The van der Waals surface area contributed by atoms with Crippen LogP contribution in [0.25, 0.3) is 11.1 Å². The first kappa shape index (κ1) is 24.3. The second-order valence-electron chi connectivity index (χ2n) is 9.58. The molecule has 0 spiro atoms. The minimum atomic E-state index is -1.09. The lowest BCUT2D eigenvalue weighted by Crippen LogP contribution is -2.51. The zero-order valence-corrected chi connectivity index (χ0v) is 19.6. The van der Waals surface area contributed by atoms with Gasteiger partial charge >= 0.3 is 12.1 Å². The molecule has 7 heteroatoms. The number of nitrogens with zero attached hydrogens (tertiary/aromatic N) is 1. The molecule has 0 bridgehead atoms. The Morgan fingerprint density at radius 1 is 1.03 bits per heavy atom. The highest BCUT2D eigenvalue weighted by Gasteiger charge is 2.31. The third-order valence-electron chi connectivity index (χ3n) is 5.65. The molecule has 0 heterocycles. The Bertz CT molecular complexity index is 982. The minimum absolute atomic E-state index is 0.0803. The number of ether oxygens (including phenoxy) is 1. The van der Waals surface area contributed by atoms with E-state index in [2.05, 4.69) is 17.4 Å². The number of nitrogens with one attached hydrogen (secondary N) is 1. The van der Waals surface area contributed by atoms with E-state index < -0.39 is 30.6 Å². The number of fused-ring (bicyclic) bond motifs is 3. The van der Waals surface area contributed by atoms with E-state index in [-0.39, 0.29) is 24.5 Å². The van der Waals surface area contributed by atoms with Crippen molar-refractivity contribution in [1.82, 2.24) is 10.2 Å². The van der Waals surface area contributed by atoms with E-state index in [1.165, 1.54) is 4.90 Å². The predicted molar refractivity (Wildman–Crippen MR) is 126 cm³/mol. The average molecular weight is 453 g/mol. The van der Waals surface area contributed by atoms with Gasteiger partial charge in [0.1, 0.15) is 19.2 Å². The number of carboxylic acid groups (broad SMARTS) is 1. The molecule has 0 aliphatic heterocycles. The van der Waals surface area contributed by atoms with Gasteiger partial charge in [0.05, 0.1) is 0 Å². The molecule has 0 aromatic heterocycles. The highest BCUT2D eigenvalue weighted by molar-refractivity contribution is 5.88. The third kappa shape index (κ3) is 5.92. The van der Waals surface area contributed by atoms with Gasteiger partial charge in [-0.15, -0.1) is 0 Å². The molecule has 1 aliphatic carbocycles. The highest BCUT2D eigenvalue weighted by atomic mass is 16.5. The molecule has 2 N–H and O–H groups in total. The van der Waals surface area contributed by atoms with Gasteiger partial charge in [-0.3, -0.25) is 9.59 Å². The van der Waals surface area contributed by atoms with Crippen LogP contribution in [0.3, 0.4) is 0 Å². The van der Waals surface area contributed by atoms with Crippen LogP contribution in [0.4, 0.5) is 4.79 Å². The zero-order chi connectivity index (χ0) is 24.2. The number of amides is 2. The smallest absolute Gasteiger partial charge is 0.407 e. The van der Waals surface area contributed by atoms with Crippen molar-refractivity contribution in [2.24, 2.45) is 5.41 Å². The van der Waals surface area contributed by atoms with Gasteiger partial charge < -0.3 is 20.1 Å². The SMILES string of the molecule is CC[C@H](NC(=O)OCC1c2ccccc2-c2ccccc21)C(=O)N(CC(=O)O)CC(C)(C)C. The molecule has 0 saturated heterocycles. The van der Waals surface area contributed by atoms with Gasteiger partial charge in [-0.05, 0) is 34.1 Å². The molecule has 1 aliphatic rings. The molecule has 0 fully saturated rings. The van der Waals surface area contributed by atoms with Crippen LogP contribution < -0.4 is 5.32 Å². The Morgan fingerprint density at radius 2 is 1.58 bits per heavy atom. The van der Waals surface area contributed by atoms with Crippen molar-refractivity contribution in [2.75, 3.05) is 19.7 Å². The van der Waals surface area contributed by atoms with Crippen molar-refractivity contribution in [3.8, 4) is 11.1 Å². The van der Waals surface area contributed by atoms with Gasteiger partial charge in [-0.1, -0.05) is 76.2 Å². The summed E-state index contributed by atoms with van der Waals surface area (Å²) in [6, 6.07) is 15.3. The zero-order valence-electron chi connectivity index (χ0n) is 19.6. The van der Waals surface area contributed by atoms with E-state index in [9.17, 15) is 19.5 Å². The number of benzene rings is 2. The first-order chi connectivity index (χ1) is 15.6. The molecule has 0 radical (unpaired) electrons. The van der Waals surface area contributed by atoms with Crippen LogP contribution in [0.15, 0.2) is 48.5 Å². The van der Waals surface area contributed by atoms with Crippen LogP contribution >= 0.6 is 0 Å². The Balaban J connectivity index is 1.67. The third-order valence-corrected chi connectivity index (χ3v) is 5.65. The number of hydrogen-bond acceptors (Lipinski definition) is 4. The van der Waals surface area contributed by atoms with Crippen LogP contribution in [0, 0.1) is 5.41 Å². The van der Waals surface area contributed by atoms with E-state index in [4.69, 9.17) is 4.74 Å². The lowest BCUT2D eigenvalue weighted by Gasteiger charge is -2.31. The number of carbonyl (C=O) groups excluding carboxylic acids is 2. The van der Waals surface area contributed by atoms with E-state index in [0.29, 0.717) is 6.42 Å². The maximum absolute atomic E-state index is 13.0. The second-order valence-corrected chi connectivity index (χ2v) is 9.58. The van der Waals surface area contributed by atoms with Crippen molar-refractivity contribution in [2.45, 2.75) is 46.1 Å². The van der Waals surface area contributed by atoms with Crippen molar-refractivity contribution < 1.29 is 24.2 Å². The fourth-order valence-corrected chi connectivity index (χ4v) is 4.29. The lowest BCUT2D eigenvalue weighted by atomic mass is 9.95. The standard InChI is InChI=1S/C26H32N2O5/c1-5-22(24(31)28(14-23(29)30)16-26(2,3)4)27-25(32)33-15-21-19-12-8-6-10-17(19)18-11-7-9-13-20(18)21/h6-13,21-22H,5,14-16H2,1-4H3,(H,27,32)(H,29,30)/t22-/m0/s1. The summed E-state index contributed by atoms with van der Waals surface area (Å²) >= 11 is 0. The number of carboxylic acids is 1. The van der Waals surface area contributed by atoms with Crippen LogP contribution in [-0.2, 0) is 14.3 Å². The highest BCUT2D eigenvalue weighted by Crippen LogP contribution is 2.44. The van der Waals surface area contributed by atoms with E-state index in [0.717, 1.165) is 22.3 Å². The summed E-state index contributed by atoms with van der Waals surface area (Å²) < 4.78 is 5.55. The van der Waals surface area contributed by atoms with Gasteiger partial charge in [-0.2, -0.15) is 0 Å². The maximum Gasteiger partial charge on any atom is 0.407 e. The minimum Gasteiger partial charge on any atom is -0.480 e. The molecule has 33 heavy (non-hydrogen) atoms. The van der Waals surface area contributed by atoms with E-state index >= 15 is 0 Å².